The maximum absolute atomic E-state index is 12.9. The van der Waals surface area contributed by atoms with Crippen LogP contribution in [0.25, 0.3) is 10.8 Å². The minimum atomic E-state index is -3.76. The smallest absolute Gasteiger partial charge is 0.340 e. The van der Waals surface area contributed by atoms with E-state index in [1.165, 1.54) is 31.1 Å². The summed E-state index contributed by atoms with van der Waals surface area (Å²) >= 11 is 6.08. The fourth-order valence-corrected chi connectivity index (χ4v) is 4.36. The van der Waals surface area contributed by atoms with E-state index in [4.69, 9.17) is 16.3 Å². The number of fused-ring (bicyclic) bond motifs is 1. The molecule has 7 nitrogen and oxygen atoms in total. The molecule has 3 aromatic rings. The molecule has 0 heterocycles. The van der Waals surface area contributed by atoms with E-state index in [1.807, 2.05) is 49.4 Å². The number of likely N-dealkylation sites (N-methyl/N-ethyl adjacent to an activating group) is 1. The fourth-order valence-electron chi connectivity index (χ4n) is 3.24. The van der Waals surface area contributed by atoms with Gasteiger partial charge >= 0.3 is 5.97 Å². The van der Waals surface area contributed by atoms with Crippen LogP contribution in [0.1, 0.15) is 17.3 Å². The number of benzene rings is 3. The summed E-state index contributed by atoms with van der Waals surface area (Å²) in [6.07, 6.45) is 0. The second-order valence-corrected chi connectivity index (χ2v) is 9.70. The van der Waals surface area contributed by atoms with Crippen molar-refractivity contribution in [3.05, 3.63) is 71.2 Å². The van der Waals surface area contributed by atoms with E-state index in [-0.39, 0.29) is 15.5 Å². The van der Waals surface area contributed by atoms with Gasteiger partial charge in [-0.3, -0.25) is 4.79 Å². The minimum Gasteiger partial charge on any atom is -0.452 e. The zero-order valence-corrected chi connectivity index (χ0v) is 19.5. The molecule has 0 bridgehead atoms. The topological polar surface area (TPSA) is 84.0 Å². The first-order valence-corrected chi connectivity index (χ1v) is 11.7. The van der Waals surface area contributed by atoms with Crippen molar-refractivity contribution in [1.29, 1.82) is 0 Å². The number of nitrogens with zero attached hydrogens (tertiary/aromatic N) is 2. The molecule has 0 N–H and O–H groups in total. The second kappa shape index (κ2) is 9.68. The second-order valence-electron chi connectivity index (χ2n) is 7.14. The molecule has 32 heavy (non-hydrogen) atoms. The highest BCUT2D eigenvalue weighted by Crippen LogP contribution is 2.27. The van der Waals surface area contributed by atoms with Crippen molar-refractivity contribution in [3.8, 4) is 0 Å². The largest absolute Gasteiger partial charge is 0.452 e. The summed E-state index contributed by atoms with van der Waals surface area (Å²) in [5.74, 6) is -1.29. The number of ether oxygens (including phenoxy) is 1. The lowest BCUT2D eigenvalue weighted by molar-refractivity contribution is -0.121. The molecule has 9 heteroatoms. The van der Waals surface area contributed by atoms with Gasteiger partial charge in [-0.15, -0.1) is 0 Å². The van der Waals surface area contributed by atoms with E-state index < -0.39 is 28.5 Å². The summed E-state index contributed by atoms with van der Waals surface area (Å²) in [5.41, 5.74) is 0.583. The molecule has 3 aromatic carbocycles. The van der Waals surface area contributed by atoms with E-state index in [9.17, 15) is 18.0 Å². The average Bonchev–Trinajstić information content (AvgIpc) is 2.78. The van der Waals surface area contributed by atoms with Crippen LogP contribution in [0.15, 0.2) is 65.6 Å². The van der Waals surface area contributed by atoms with Gasteiger partial charge < -0.3 is 9.64 Å². The van der Waals surface area contributed by atoms with E-state index in [0.717, 1.165) is 21.1 Å². The van der Waals surface area contributed by atoms with Gasteiger partial charge in [-0.1, -0.05) is 48.0 Å². The first-order chi connectivity index (χ1) is 15.2. The lowest BCUT2D eigenvalue weighted by Crippen LogP contribution is -2.34. The van der Waals surface area contributed by atoms with Gasteiger partial charge in [0, 0.05) is 26.0 Å². The number of anilines is 1. The molecular weight excluding hydrogens is 452 g/mol. The summed E-state index contributed by atoms with van der Waals surface area (Å²) in [4.78, 5) is 26.9. The van der Waals surface area contributed by atoms with Crippen LogP contribution in [-0.2, 0) is 19.6 Å². The molecule has 0 saturated carbocycles. The molecule has 168 valence electrons. The number of carbonyl (C=O) groups is 2. The number of esters is 1. The van der Waals surface area contributed by atoms with Gasteiger partial charge in [-0.05, 0) is 36.6 Å². The van der Waals surface area contributed by atoms with Crippen molar-refractivity contribution in [2.45, 2.75) is 11.8 Å². The summed E-state index contributed by atoms with van der Waals surface area (Å²) < 4.78 is 30.9. The summed E-state index contributed by atoms with van der Waals surface area (Å²) in [6.45, 7) is 1.69. The number of halogens is 1. The van der Waals surface area contributed by atoms with Gasteiger partial charge in [0.05, 0.1) is 21.2 Å². The number of amides is 1. The van der Waals surface area contributed by atoms with Crippen LogP contribution < -0.4 is 4.90 Å². The first-order valence-electron chi connectivity index (χ1n) is 9.84. The lowest BCUT2D eigenvalue weighted by atomic mass is 10.1. The molecule has 0 unspecified atom stereocenters. The number of hydrogen-bond acceptors (Lipinski definition) is 5. The Morgan fingerprint density at radius 2 is 1.69 bits per heavy atom. The van der Waals surface area contributed by atoms with E-state index in [0.29, 0.717) is 12.2 Å². The number of carbonyl (C=O) groups excluding carboxylic acids is 2. The highest BCUT2D eigenvalue weighted by atomic mass is 35.5. The molecule has 0 fully saturated rings. The van der Waals surface area contributed by atoms with Gasteiger partial charge in [0.15, 0.2) is 6.61 Å². The van der Waals surface area contributed by atoms with Gasteiger partial charge in [-0.25, -0.2) is 17.5 Å². The van der Waals surface area contributed by atoms with Crippen LogP contribution in [-0.4, -0.2) is 51.8 Å². The molecule has 0 radical (unpaired) electrons. The van der Waals surface area contributed by atoms with Gasteiger partial charge in [0.1, 0.15) is 0 Å². The Labute approximate surface area is 192 Å². The van der Waals surface area contributed by atoms with Gasteiger partial charge in [-0.2, -0.15) is 0 Å². The highest BCUT2D eigenvalue weighted by molar-refractivity contribution is 7.89. The van der Waals surface area contributed by atoms with Crippen LogP contribution in [0, 0.1) is 0 Å². The molecule has 0 saturated heterocycles. The van der Waals surface area contributed by atoms with Crippen molar-refractivity contribution in [2.75, 3.05) is 32.1 Å². The third kappa shape index (κ3) is 4.77. The number of sulfonamides is 1. The zero-order chi connectivity index (χ0) is 23.5. The standard InChI is InChI=1S/C23H23ClN2O5S/c1-4-26(21-11-7-9-16-8-5-6-10-18(16)21)22(27)15-31-23(28)19-14-17(12-13-20(19)24)32(29,30)25(2)3/h5-14H,4,15H2,1-3H3. The maximum atomic E-state index is 12.9. The average molecular weight is 475 g/mol. The Bertz CT molecular complexity index is 1270. The van der Waals surface area contributed by atoms with Crippen molar-refractivity contribution in [1.82, 2.24) is 4.31 Å². The van der Waals surface area contributed by atoms with Crippen molar-refractivity contribution < 1.29 is 22.7 Å². The van der Waals surface area contributed by atoms with Crippen LogP contribution in [0.4, 0.5) is 5.69 Å². The molecule has 0 spiro atoms. The van der Waals surface area contributed by atoms with Gasteiger partial charge in [0.2, 0.25) is 10.0 Å². The van der Waals surface area contributed by atoms with Crippen molar-refractivity contribution in [3.63, 3.8) is 0 Å². The molecule has 3 rings (SSSR count). The van der Waals surface area contributed by atoms with Crippen LogP contribution >= 0.6 is 11.6 Å². The molecule has 0 aliphatic rings. The lowest BCUT2D eigenvalue weighted by Gasteiger charge is -2.22. The van der Waals surface area contributed by atoms with Crippen LogP contribution in [0.5, 0.6) is 0 Å². The van der Waals surface area contributed by atoms with Crippen molar-refractivity contribution >= 4 is 50.0 Å². The molecule has 0 atom stereocenters. The summed E-state index contributed by atoms with van der Waals surface area (Å²) in [6, 6.07) is 17.1. The molecule has 1 amide bonds. The molecule has 0 aliphatic heterocycles. The zero-order valence-electron chi connectivity index (χ0n) is 17.9. The highest BCUT2D eigenvalue weighted by Gasteiger charge is 2.23. The predicted molar refractivity (Wildman–Crippen MR) is 125 cm³/mol. The third-order valence-electron chi connectivity index (χ3n) is 4.94. The third-order valence-corrected chi connectivity index (χ3v) is 7.08. The van der Waals surface area contributed by atoms with E-state index in [1.54, 1.807) is 0 Å². The maximum Gasteiger partial charge on any atom is 0.340 e. The van der Waals surface area contributed by atoms with Crippen LogP contribution in [0.3, 0.4) is 0 Å². The van der Waals surface area contributed by atoms with E-state index in [2.05, 4.69) is 0 Å². The summed E-state index contributed by atoms with van der Waals surface area (Å²) in [7, 11) is -0.999. The van der Waals surface area contributed by atoms with E-state index >= 15 is 0 Å². The first kappa shape index (κ1) is 23.7. The minimum absolute atomic E-state index is 0.0292. The Balaban J connectivity index is 1.80. The molecular formula is C23H23ClN2O5S. The molecule has 0 aliphatic carbocycles. The quantitative estimate of drug-likeness (QED) is 0.484. The molecule has 0 aromatic heterocycles. The Morgan fingerprint density at radius 3 is 2.38 bits per heavy atom. The number of hydrogen-bond donors (Lipinski definition) is 0. The SMILES string of the molecule is CCN(C(=O)COC(=O)c1cc(S(=O)(=O)N(C)C)ccc1Cl)c1cccc2ccccc12. The number of rotatable bonds is 7. The van der Waals surface area contributed by atoms with Crippen molar-refractivity contribution in [2.24, 2.45) is 0 Å². The monoisotopic (exact) mass is 474 g/mol. The fraction of sp³-hybridized carbons (Fsp3) is 0.217. The van der Waals surface area contributed by atoms with Gasteiger partial charge in [0.25, 0.3) is 5.91 Å². The van der Waals surface area contributed by atoms with Crippen LogP contribution in [0.2, 0.25) is 5.02 Å². The summed E-state index contributed by atoms with van der Waals surface area (Å²) in [5, 5.41) is 1.92. The Morgan fingerprint density at radius 1 is 1.00 bits per heavy atom. The normalized spacial score (nSPS) is 11.5. The predicted octanol–water partition coefficient (Wildman–Crippen LogP) is 3.95. The Hall–Kier alpha value is -2.94. The Kier molecular flexibility index (Phi) is 7.18.